The molecule has 156 valence electrons. The van der Waals surface area contributed by atoms with Gasteiger partial charge in [-0.05, 0) is 70.5 Å². The molecule has 0 saturated heterocycles. The minimum Gasteiger partial charge on any atom is -0.497 e. The average Bonchev–Trinajstić information content (AvgIpc) is 3.22. The number of H-pyrrole nitrogens is 1. The van der Waals surface area contributed by atoms with Crippen LogP contribution in [0.5, 0.6) is 5.75 Å². The first-order chi connectivity index (χ1) is 15.0. The highest BCUT2D eigenvalue weighted by Crippen LogP contribution is 2.24. The molecule has 0 fully saturated rings. The van der Waals surface area contributed by atoms with Gasteiger partial charge in [-0.2, -0.15) is 0 Å². The molecule has 8 heteroatoms. The Hall–Kier alpha value is -3.65. The lowest BCUT2D eigenvalue weighted by Crippen LogP contribution is -2.21. The van der Waals surface area contributed by atoms with E-state index >= 15 is 0 Å². The Morgan fingerprint density at radius 3 is 2.58 bits per heavy atom. The summed E-state index contributed by atoms with van der Waals surface area (Å²) in [5.74, 6) is 0.416. The monoisotopic (exact) mass is 479 g/mol. The van der Waals surface area contributed by atoms with Crippen molar-refractivity contribution >= 4 is 44.5 Å². The second-order valence-corrected chi connectivity index (χ2v) is 7.50. The van der Waals surface area contributed by atoms with Crippen LogP contribution in [0.1, 0.15) is 10.4 Å². The number of imidazole rings is 1. The number of ether oxygens (including phenoxy) is 2. The number of halogens is 1. The van der Waals surface area contributed by atoms with Gasteiger partial charge >= 0.3 is 5.97 Å². The molecule has 0 aliphatic carbocycles. The van der Waals surface area contributed by atoms with Gasteiger partial charge in [0.05, 0.1) is 29.4 Å². The normalized spacial score (nSPS) is 10.6. The van der Waals surface area contributed by atoms with E-state index in [0.717, 1.165) is 15.8 Å². The number of para-hydroxylation sites is 1. The zero-order valence-electron chi connectivity index (χ0n) is 16.5. The van der Waals surface area contributed by atoms with Crippen LogP contribution in [-0.4, -0.2) is 35.6 Å². The number of carbonyl (C=O) groups excluding carboxylic acids is 2. The number of nitrogens with zero attached hydrogens (tertiary/aromatic N) is 1. The SMILES string of the molecule is COc1ccc(-c2nc3ccc(C(=O)OCC(=O)Nc4ccccc4Br)cc3[nH]2)cc1. The second-order valence-electron chi connectivity index (χ2n) is 6.65. The molecule has 1 heterocycles. The van der Waals surface area contributed by atoms with Crippen molar-refractivity contribution in [3.8, 4) is 17.1 Å². The van der Waals surface area contributed by atoms with E-state index in [-0.39, 0.29) is 0 Å². The molecule has 0 bridgehead atoms. The Balaban J connectivity index is 1.43. The van der Waals surface area contributed by atoms with Crippen molar-refractivity contribution in [3.63, 3.8) is 0 Å². The molecule has 31 heavy (non-hydrogen) atoms. The van der Waals surface area contributed by atoms with E-state index in [9.17, 15) is 9.59 Å². The van der Waals surface area contributed by atoms with Gasteiger partial charge in [0.25, 0.3) is 5.91 Å². The van der Waals surface area contributed by atoms with E-state index in [4.69, 9.17) is 9.47 Å². The minimum absolute atomic E-state index is 0.325. The Kier molecular flexibility index (Phi) is 5.99. The maximum absolute atomic E-state index is 12.4. The Labute approximate surface area is 186 Å². The lowest BCUT2D eigenvalue weighted by molar-refractivity contribution is -0.119. The topological polar surface area (TPSA) is 93.3 Å². The Morgan fingerprint density at radius 2 is 1.84 bits per heavy atom. The minimum atomic E-state index is -0.593. The number of hydrogen-bond acceptors (Lipinski definition) is 5. The van der Waals surface area contributed by atoms with E-state index in [1.165, 1.54) is 0 Å². The van der Waals surface area contributed by atoms with Gasteiger partial charge in [0.2, 0.25) is 0 Å². The van der Waals surface area contributed by atoms with Crippen molar-refractivity contribution in [2.75, 3.05) is 19.0 Å². The second kappa shape index (κ2) is 9.01. The number of aromatic nitrogens is 2. The summed E-state index contributed by atoms with van der Waals surface area (Å²) in [6.07, 6.45) is 0. The molecular weight excluding hydrogens is 462 g/mol. The first-order valence-electron chi connectivity index (χ1n) is 9.39. The van der Waals surface area contributed by atoms with Gasteiger partial charge in [0, 0.05) is 10.0 Å². The largest absolute Gasteiger partial charge is 0.497 e. The number of fused-ring (bicyclic) bond motifs is 1. The maximum Gasteiger partial charge on any atom is 0.338 e. The van der Waals surface area contributed by atoms with E-state index in [0.29, 0.717) is 28.1 Å². The number of amides is 1. The molecule has 0 spiro atoms. The van der Waals surface area contributed by atoms with Crippen LogP contribution < -0.4 is 10.1 Å². The highest BCUT2D eigenvalue weighted by Gasteiger charge is 2.13. The number of rotatable bonds is 6. The molecule has 3 aromatic carbocycles. The number of carbonyl (C=O) groups is 2. The van der Waals surface area contributed by atoms with E-state index in [1.54, 1.807) is 43.5 Å². The van der Waals surface area contributed by atoms with Crippen LogP contribution >= 0.6 is 15.9 Å². The molecule has 0 unspecified atom stereocenters. The summed E-state index contributed by atoms with van der Waals surface area (Å²) < 4.78 is 11.1. The van der Waals surface area contributed by atoms with E-state index in [2.05, 4.69) is 31.2 Å². The van der Waals surface area contributed by atoms with E-state index < -0.39 is 18.5 Å². The third-order valence-electron chi connectivity index (χ3n) is 4.56. The quantitative estimate of drug-likeness (QED) is 0.387. The predicted molar refractivity (Wildman–Crippen MR) is 121 cm³/mol. The van der Waals surface area contributed by atoms with Gasteiger partial charge in [0.1, 0.15) is 11.6 Å². The molecule has 0 aliphatic rings. The summed E-state index contributed by atoms with van der Waals surface area (Å²) >= 11 is 3.35. The van der Waals surface area contributed by atoms with Crippen LogP contribution in [0.3, 0.4) is 0 Å². The number of esters is 1. The smallest absolute Gasteiger partial charge is 0.338 e. The first kappa shape index (κ1) is 20.6. The third kappa shape index (κ3) is 4.75. The van der Waals surface area contributed by atoms with Crippen LogP contribution in [0.25, 0.3) is 22.4 Å². The third-order valence-corrected chi connectivity index (χ3v) is 5.25. The van der Waals surface area contributed by atoms with Crippen LogP contribution in [-0.2, 0) is 9.53 Å². The summed E-state index contributed by atoms with van der Waals surface area (Å²) in [6.45, 7) is -0.391. The fraction of sp³-hybridized carbons (Fsp3) is 0.0870. The molecule has 0 aliphatic heterocycles. The molecule has 4 rings (SSSR count). The van der Waals surface area contributed by atoms with Crippen LogP contribution in [0.4, 0.5) is 5.69 Å². The summed E-state index contributed by atoms with van der Waals surface area (Å²) in [6, 6.07) is 19.7. The highest BCUT2D eigenvalue weighted by atomic mass is 79.9. The average molecular weight is 480 g/mol. The molecule has 1 aromatic heterocycles. The van der Waals surface area contributed by atoms with Crippen LogP contribution in [0.2, 0.25) is 0 Å². The molecule has 1 amide bonds. The number of methoxy groups -OCH3 is 1. The summed E-state index contributed by atoms with van der Waals surface area (Å²) in [5, 5.41) is 2.69. The fourth-order valence-corrected chi connectivity index (χ4v) is 3.37. The van der Waals surface area contributed by atoms with Crippen molar-refractivity contribution in [1.29, 1.82) is 0 Å². The van der Waals surface area contributed by atoms with Crippen molar-refractivity contribution in [2.45, 2.75) is 0 Å². The number of anilines is 1. The summed E-state index contributed by atoms with van der Waals surface area (Å²) in [7, 11) is 1.61. The first-order valence-corrected chi connectivity index (χ1v) is 10.2. The van der Waals surface area contributed by atoms with Gasteiger partial charge in [0.15, 0.2) is 6.61 Å². The molecule has 0 radical (unpaired) electrons. The van der Waals surface area contributed by atoms with Gasteiger partial charge < -0.3 is 19.8 Å². The number of nitrogens with one attached hydrogen (secondary N) is 2. The van der Waals surface area contributed by atoms with Gasteiger partial charge in [-0.25, -0.2) is 9.78 Å². The molecule has 4 aromatic rings. The number of benzene rings is 3. The molecule has 0 atom stereocenters. The summed E-state index contributed by atoms with van der Waals surface area (Å²) in [5.41, 5.74) is 3.23. The molecule has 7 nitrogen and oxygen atoms in total. The zero-order valence-corrected chi connectivity index (χ0v) is 18.1. The molecular formula is C23H18BrN3O4. The predicted octanol–water partition coefficient (Wildman–Crippen LogP) is 4.80. The standard InChI is InChI=1S/C23H18BrN3O4/c1-30-16-9-6-14(7-10-16)22-26-19-11-8-15(12-20(19)27-22)23(29)31-13-21(28)25-18-5-3-2-4-17(18)24/h2-12H,13H2,1H3,(H,25,28)(H,26,27). The maximum atomic E-state index is 12.4. The van der Waals surface area contributed by atoms with Gasteiger partial charge in [-0.3, -0.25) is 4.79 Å². The lowest BCUT2D eigenvalue weighted by atomic mass is 10.2. The highest BCUT2D eigenvalue weighted by molar-refractivity contribution is 9.10. The van der Waals surface area contributed by atoms with Crippen LogP contribution in [0, 0.1) is 0 Å². The molecule has 2 N–H and O–H groups in total. The number of aromatic amines is 1. The van der Waals surface area contributed by atoms with Crippen LogP contribution in [0.15, 0.2) is 71.2 Å². The summed E-state index contributed by atoms with van der Waals surface area (Å²) in [4.78, 5) is 32.2. The zero-order chi connectivity index (χ0) is 21.8. The van der Waals surface area contributed by atoms with Crippen molar-refractivity contribution in [2.24, 2.45) is 0 Å². The van der Waals surface area contributed by atoms with Gasteiger partial charge in [-0.1, -0.05) is 12.1 Å². The molecule has 0 saturated carbocycles. The Morgan fingerprint density at radius 1 is 1.06 bits per heavy atom. The number of hydrogen-bond donors (Lipinski definition) is 2. The Bertz CT molecular complexity index is 1250. The van der Waals surface area contributed by atoms with Crippen molar-refractivity contribution < 1.29 is 19.1 Å². The van der Waals surface area contributed by atoms with Crippen molar-refractivity contribution in [1.82, 2.24) is 9.97 Å². The lowest BCUT2D eigenvalue weighted by Gasteiger charge is -2.08. The van der Waals surface area contributed by atoms with E-state index in [1.807, 2.05) is 30.3 Å². The van der Waals surface area contributed by atoms with Gasteiger partial charge in [-0.15, -0.1) is 0 Å². The fourth-order valence-electron chi connectivity index (χ4n) is 2.99. The van der Waals surface area contributed by atoms with Crippen molar-refractivity contribution in [3.05, 3.63) is 76.8 Å².